The van der Waals surface area contributed by atoms with Crippen LogP contribution in [-0.4, -0.2) is 28.7 Å². The van der Waals surface area contributed by atoms with Gasteiger partial charge in [-0.15, -0.1) is 0 Å². The zero-order valence-electron chi connectivity index (χ0n) is 13.8. The van der Waals surface area contributed by atoms with Crippen molar-refractivity contribution >= 4 is 5.78 Å². The molecule has 4 saturated carbocycles. The molecule has 7 atom stereocenters. The van der Waals surface area contributed by atoms with Gasteiger partial charge in [0.25, 0.3) is 0 Å². The molecular weight excluding hydrogens is 276 g/mol. The monoisotopic (exact) mass is 306 g/mol. The van der Waals surface area contributed by atoms with Crippen LogP contribution in [0.25, 0.3) is 0 Å². The SMILES string of the molecule is C[C@]12CC[C@H]3[C@@H](CCC4CC(=O)CC[C@@]43CO)[C@@H]1CC[C@@H]2O. The molecule has 1 unspecified atom stereocenters. The molecule has 3 heteroatoms. The molecule has 2 N–H and O–H groups in total. The number of hydrogen-bond donors (Lipinski definition) is 2. The number of aliphatic hydroxyl groups is 2. The topological polar surface area (TPSA) is 57.5 Å². The maximum Gasteiger partial charge on any atom is 0.133 e. The van der Waals surface area contributed by atoms with Crippen LogP contribution in [0.3, 0.4) is 0 Å². The zero-order chi connectivity index (χ0) is 15.5. The Bertz CT molecular complexity index is 475. The Morgan fingerprint density at radius 1 is 1.09 bits per heavy atom. The van der Waals surface area contributed by atoms with Crippen LogP contribution in [0, 0.1) is 34.5 Å². The maximum atomic E-state index is 11.9. The zero-order valence-corrected chi connectivity index (χ0v) is 13.8. The number of ketones is 1. The van der Waals surface area contributed by atoms with E-state index in [0.717, 1.165) is 38.5 Å². The van der Waals surface area contributed by atoms with E-state index in [1.807, 2.05) is 0 Å². The summed E-state index contributed by atoms with van der Waals surface area (Å²) in [6.45, 7) is 2.56. The van der Waals surface area contributed by atoms with Crippen molar-refractivity contribution in [1.82, 2.24) is 0 Å². The van der Waals surface area contributed by atoms with E-state index in [0.29, 0.717) is 42.3 Å². The number of fused-ring (bicyclic) bond motifs is 5. The van der Waals surface area contributed by atoms with E-state index in [9.17, 15) is 15.0 Å². The van der Waals surface area contributed by atoms with Crippen molar-refractivity contribution in [3.8, 4) is 0 Å². The first-order valence-electron chi connectivity index (χ1n) is 9.32. The predicted octanol–water partition coefficient (Wildman–Crippen LogP) is 2.93. The van der Waals surface area contributed by atoms with Crippen LogP contribution in [0.2, 0.25) is 0 Å². The number of Topliss-reactive ketones (excluding diaryl/α,β-unsaturated/α-hetero) is 1. The van der Waals surface area contributed by atoms with Crippen LogP contribution < -0.4 is 0 Å². The Labute approximate surface area is 133 Å². The van der Waals surface area contributed by atoms with Gasteiger partial charge in [0.1, 0.15) is 5.78 Å². The van der Waals surface area contributed by atoms with Gasteiger partial charge < -0.3 is 10.2 Å². The quantitative estimate of drug-likeness (QED) is 0.783. The van der Waals surface area contributed by atoms with E-state index in [2.05, 4.69) is 6.92 Å². The van der Waals surface area contributed by atoms with Crippen molar-refractivity contribution in [2.45, 2.75) is 70.8 Å². The van der Waals surface area contributed by atoms with E-state index in [-0.39, 0.29) is 23.5 Å². The van der Waals surface area contributed by atoms with Gasteiger partial charge >= 0.3 is 0 Å². The molecule has 0 bridgehead atoms. The Balaban J connectivity index is 1.66. The molecule has 0 heterocycles. The second-order valence-corrected chi connectivity index (χ2v) is 8.92. The summed E-state index contributed by atoms with van der Waals surface area (Å²) >= 11 is 0. The molecule has 0 amide bonds. The summed E-state index contributed by atoms with van der Waals surface area (Å²) in [5.41, 5.74) is 0.112. The lowest BCUT2D eigenvalue weighted by atomic mass is 9.45. The Hall–Kier alpha value is -0.410. The summed E-state index contributed by atoms with van der Waals surface area (Å²) in [5.74, 6) is 2.68. The molecule has 4 rings (SSSR count). The third kappa shape index (κ3) is 1.84. The van der Waals surface area contributed by atoms with Crippen LogP contribution in [0.4, 0.5) is 0 Å². The molecule has 0 aliphatic heterocycles. The maximum absolute atomic E-state index is 11.9. The first-order valence-corrected chi connectivity index (χ1v) is 9.32. The van der Waals surface area contributed by atoms with Gasteiger partial charge in [-0.05, 0) is 74.0 Å². The molecule has 0 saturated heterocycles. The molecule has 0 aromatic rings. The average Bonchev–Trinajstić information content (AvgIpc) is 2.82. The van der Waals surface area contributed by atoms with Gasteiger partial charge in [-0.2, -0.15) is 0 Å². The summed E-state index contributed by atoms with van der Waals surface area (Å²) in [6.07, 6.45) is 8.81. The highest BCUT2D eigenvalue weighted by Gasteiger charge is 2.61. The Morgan fingerprint density at radius 2 is 1.91 bits per heavy atom. The first kappa shape index (κ1) is 15.1. The predicted molar refractivity (Wildman–Crippen MR) is 84.2 cm³/mol. The van der Waals surface area contributed by atoms with Crippen molar-refractivity contribution in [2.24, 2.45) is 34.5 Å². The summed E-state index contributed by atoms with van der Waals surface area (Å²) in [7, 11) is 0. The minimum Gasteiger partial charge on any atom is -0.396 e. The van der Waals surface area contributed by atoms with Crippen molar-refractivity contribution in [2.75, 3.05) is 6.61 Å². The number of carbonyl (C=O) groups is 1. The largest absolute Gasteiger partial charge is 0.396 e. The van der Waals surface area contributed by atoms with E-state index < -0.39 is 0 Å². The smallest absolute Gasteiger partial charge is 0.133 e. The highest BCUT2D eigenvalue weighted by Crippen LogP contribution is 2.65. The van der Waals surface area contributed by atoms with E-state index >= 15 is 0 Å². The van der Waals surface area contributed by atoms with Crippen LogP contribution in [0.5, 0.6) is 0 Å². The fraction of sp³-hybridized carbons (Fsp3) is 0.947. The Morgan fingerprint density at radius 3 is 2.68 bits per heavy atom. The normalized spacial score (nSPS) is 54.5. The summed E-state index contributed by atoms with van der Waals surface area (Å²) < 4.78 is 0. The fourth-order valence-electron chi connectivity index (χ4n) is 7.13. The number of rotatable bonds is 1. The molecule has 4 aliphatic rings. The highest BCUT2D eigenvalue weighted by atomic mass is 16.3. The van der Waals surface area contributed by atoms with Crippen LogP contribution in [0.15, 0.2) is 0 Å². The molecule has 4 fully saturated rings. The molecule has 3 nitrogen and oxygen atoms in total. The standard InChI is InChI=1S/C19H30O3/c1-18-8-7-16-14(15(18)4-5-17(18)22)3-2-12-10-13(21)6-9-19(12,16)11-20/h12,14-17,20,22H,2-11H2,1H3/t12?,14-,15-,16-,17-,18-,19+/m0/s1. The fourth-order valence-corrected chi connectivity index (χ4v) is 7.13. The third-order valence-electron chi connectivity index (χ3n) is 8.42. The third-order valence-corrected chi connectivity index (χ3v) is 8.42. The lowest BCUT2D eigenvalue weighted by molar-refractivity contribution is -0.155. The van der Waals surface area contributed by atoms with E-state index in [1.54, 1.807) is 0 Å². The minimum atomic E-state index is -0.130. The van der Waals surface area contributed by atoms with Gasteiger partial charge in [-0.1, -0.05) is 6.92 Å². The van der Waals surface area contributed by atoms with Gasteiger partial charge in [0, 0.05) is 24.9 Å². The average molecular weight is 306 g/mol. The molecule has 4 aliphatic carbocycles. The van der Waals surface area contributed by atoms with Crippen molar-refractivity contribution in [3.05, 3.63) is 0 Å². The molecule has 22 heavy (non-hydrogen) atoms. The summed E-state index contributed by atoms with van der Waals surface area (Å²) in [4.78, 5) is 11.9. The van der Waals surface area contributed by atoms with Crippen LogP contribution in [-0.2, 0) is 4.79 Å². The van der Waals surface area contributed by atoms with Crippen LogP contribution in [0.1, 0.15) is 64.7 Å². The van der Waals surface area contributed by atoms with Crippen molar-refractivity contribution in [1.29, 1.82) is 0 Å². The van der Waals surface area contributed by atoms with Gasteiger partial charge in [0.05, 0.1) is 6.10 Å². The molecule has 124 valence electrons. The summed E-state index contributed by atoms with van der Waals surface area (Å²) in [6, 6.07) is 0. The number of carbonyl (C=O) groups excluding carboxylic acids is 1. The molecule has 0 aromatic carbocycles. The molecule has 0 spiro atoms. The van der Waals surface area contributed by atoms with E-state index in [1.165, 1.54) is 6.42 Å². The Kier molecular flexibility index (Phi) is 3.47. The summed E-state index contributed by atoms with van der Waals surface area (Å²) in [5, 5.41) is 20.8. The van der Waals surface area contributed by atoms with Gasteiger partial charge in [0.15, 0.2) is 0 Å². The minimum absolute atomic E-state index is 0.00565. The molecule has 0 aromatic heterocycles. The van der Waals surface area contributed by atoms with E-state index in [4.69, 9.17) is 0 Å². The first-order chi connectivity index (χ1) is 10.5. The van der Waals surface area contributed by atoms with Gasteiger partial charge in [-0.3, -0.25) is 4.79 Å². The number of hydrogen-bond acceptors (Lipinski definition) is 3. The van der Waals surface area contributed by atoms with Crippen molar-refractivity contribution in [3.63, 3.8) is 0 Å². The second-order valence-electron chi connectivity index (χ2n) is 8.92. The highest BCUT2D eigenvalue weighted by molar-refractivity contribution is 5.79. The number of aliphatic hydroxyl groups excluding tert-OH is 2. The second kappa shape index (κ2) is 5.04. The molecular formula is C19H30O3. The van der Waals surface area contributed by atoms with Gasteiger partial charge in [0.2, 0.25) is 0 Å². The molecule has 0 radical (unpaired) electrons. The van der Waals surface area contributed by atoms with Crippen LogP contribution >= 0.6 is 0 Å². The lowest BCUT2D eigenvalue weighted by Crippen LogP contribution is -2.56. The van der Waals surface area contributed by atoms with Gasteiger partial charge in [-0.25, -0.2) is 0 Å². The van der Waals surface area contributed by atoms with Crippen molar-refractivity contribution < 1.29 is 15.0 Å². The lowest BCUT2D eigenvalue weighted by Gasteiger charge is -2.60.